The molecule has 21 heavy (non-hydrogen) atoms. The lowest BCUT2D eigenvalue weighted by Gasteiger charge is -2.37. The Bertz CT molecular complexity index is 491. The van der Waals surface area contributed by atoms with E-state index in [1.165, 1.54) is 6.42 Å². The van der Waals surface area contributed by atoms with E-state index in [1.54, 1.807) is 6.92 Å². The minimum absolute atomic E-state index is 0. The normalized spacial score (nSPS) is 23.1. The van der Waals surface area contributed by atoms with Crippen molar-refractivity contribution in [1.82, 2.24) is 20.1 Å². The lowest BCUT2D eigenvalue weighted by atomic mass is 10.2. The van der Waals surface area contributed by atoms with Crippen LogP contribution in [0.1, 0.15) is 28.6 Å². The number of nitrogens with one attached hydrogen (secondary N) is 1. The maximum absolute atomic E-state index is 12.4. The van der Waals surface area contributed by atoms with Gasteiger partial charge in [-0.25, -0.2) is 4.98 Å². The van der Waals surface area contributed by atoms with Crippen LogP contribution < -0.4 is 5.32 Å². The first-order valence-corrected chi connectivity index (χ1v) is 7.33. The summed E-state index contributed by atoms with van der Waals surface area (Å²) in [6, 6.07) is 0.640. The zero-order chi connectivity index (χ0) is 14.1. The number of hydrogen-bond donors (Lipinski definition) is 1. The molecule has 0 bridgehead atoms. The molecule has 1 aromatic rings. The van der Waals surface area contributed by atoms with Gasteiger partial charge in [0.2, 0.25) is 5.76 Å². The van der Waals surface area contributed by atoms with Gasteiger partial charge in [-0.05, 0) is 19.9 Å². The van der Waals surface area contributed by atoms with Crippen molar-refractivity contribution in [1.29, 1.82) is 0 Å². The van der Waals surface area contributed by atoms with Gasteiger partial charge in [0.05, 0.1) is 5.69 Å². The fourth-order valence-electron chi connectivity index (χ4n) is 3.11. The summed E-state index contributed by atoms with van der Waals surface area (Å²) < 4.78 is 5.43. The SMILES string of the molecule is Cc1nc(C)c(C(=O)N2CCN(C3CCNC3)CC2)o1.Cl. The minimum atomic E-state index is -0.0210. The molecule has 3 rings (SSSR count). The number of aryl methyl sites for hydroxylation is 2. The Kier molecular flexibility index (Phi) is 5.24. The Morgan fingerprint density at radius 3 is 2.52 bits per heavy atom. The van der Waals surface area contributed by atoms with Crippen molar-refractivity contribution in [2.24, 2.45) is 0 Å². The van der Waals surface area contributed by atoms with Crippen molar-refractivity contribution < 1.29 is 9.21 Å². The van der Waals surface area contributed by atoms with E-state index in [-0.39, 0.29) is 18.3 Å². The largest absolute Gasteiger partial charge is 0.436 e. The molecule has 1 unspecified atom stereocenters. The number of nitrogens with zero attached hydrogens (tertiary/aromatic N) is 3. The first-order valence-electron chi connectivity index (χ1n) is 7.33. The summed E-state index contributed by atoms with van der Waals surface area (Å²) in [6.45, 7) is 9.23. The van der Waals surface area contributed by atoms with Gasteiger partial charge in [0, 0.05) is 45.7 Å². The van der Waals surface area contributed by atoms with Crippen LogP contribution in [0.2, 0.25) is 0 Å². The fraction of sp³-hybridized carbons (Fsp3) is 0.714. The zero-order valence-corrected chi connectivity index (χ0v) is 13.4. The molecule has 3 heterocycles. The maximum Gasteiger partial charge on any atom is 0.291 e. The predicted octanol–water partition coefficient (Wildman–Crippen LogP) is 0.833. The third kappa shape index (κ3) is 3.39. The standard InChI is InChI=1S/C14H22N4O2.ClH/c1-10-13(20-11(2)16-10)14(19)18-7-5-17(6-8-18)12-3-4-15-9-12;/h12,15H,3-9H2,1-2H3;1H. The second-order valence-corrected chi connectivity index (χ2v) is 5.62. The van der Waals surface area contributed by atoms with Crippen molar-refractivity contribution in [3.05, 3.63) is 17.3 Å². The average Bonchev–Trinajstić information content (AvgIpc) is 3.08. The van der Waals surface area contributed by atoms with Gasteiger partial charge < -0.3 is 14.6 Å². The maximum atomic E-state index is 12.4. The lowest BCUT2D eigenvalue weighted by Crippen LogP contribution is -2.52. The molecule has 0 saturated carbocycles. The molecule has 2 saturated heterocycles. The van der Waals surface area contributed by atoms with E-state index in [1.807, 2.05) is 11.8 Å². The van der Waals surface area contributed by atoms with Crippen LogP contribution in [-0.2, 0) is 0 Å². The number of carbonyl (C=O) groups is 1. The van der Waals surface area contributed by atoms with Crippen LogP contribution in [0.4, 0.5) is 0 Å². The third-order valence-corrected chi connectivity index (χ3v) is 4.25. The van der Waals surface area contributed by atoms with Crippen LogP contribution in [-0.4, -0.2) is 66.0 Å². The van der Waals surface area contributed by atoms with E-state index in [0.29, 0.717) is 23.4 Å². The Labute approximate surface area is 131 Å². The average molecular weight is 315 g/mol. The van der Waals surface area contributed by atoms with E-state index in [0.717, 1.165) is 39.3 Å². The Hall–Kier alpha value is -1.11. The molecule has 6 nitrogen and oxygen atoms in total. The molecular formula is C14H23ClN4O2. The number of oxazole rings is 1. The number of aromatic nitrogens is 1. The molecular weight excluding hydrogens is 292 g/mol. The van der Waals surface area contributed by atoms with Crippen LogP contribution in [0.15, 0.2) is 4.42 Å². The van der Waals surface area contributed by atoms with Gasteiger partial charge in [0.25, 0.3) is 5.91 Å². The highest BCUT2D eigenvalue weighted by Crippen LogP contribution is 2.16. The summed E-state index contributed by atoms with van der Waals surface area (Å²) in [7, 11) is 0. The molecule has 1 atom stereocenters. The quantitative estimate of drug-likeness (QED) is 0.876. The number of carbonyl (C=O) groups excluding carboxylic acids is 1. The summed E-state index contributed by atoms with van der Waals surface area (Å²) in [5.74, 6) is 0.937. The van der Waals surface area contributed by atoms with Crippen LogP contribution in [0.25, 0.3) is 0 Å². The van der Waals surface area contributed by atoms with Gasteiger partial charge in [0.15, 0.2) is 5.89 Å². The van der Waals surface area contributed by atoms with Crippen molar-refractivity contribution in [2.75, 3.05) is 39.3 Å². The van der Waals surface area contributed by atoms with E-state index < -0.39 is 0 Å². The Morgan fingerprint density at radius 2 is 2.00 bits per heavy atom. The molecule has 2 aliphatic rings. The van der Waals surface area contributed by atoms with Gasteiger partial charge >= 0.3 is 0 Å². The fourth-order valence-corrected chi connectivity index (χ4v) is 3.11. The molecule has 2 aliphatic heterocycles. The van der Waals surface area contributed by atoms with Crippen LogP contribution in [0, 0.1) is 13.8 Å². The summed E-state index contributed by atoms with van der Waals surface area (Å²) in [4.78, 5) is 21.0. The van der Waals surface area contributed by atoms with E-state index in [9.17, 15) is 4.79 Å². The molecule has 7 heteroatoms. The Balaban J connectivity index is 0.00000161. The van der Waals surface area contributed by atoms with Crippen LogP contribution in [0.3, 0.4) is 0 Å². The van der Waals surface area contributed by atoms with E-state index >= 15 is 0 Å². The molecule has 118 valence electrons. The number of hydrogen-bond acceptors (Lipinski definition) is 5. The van der Waals surface area contributed by atoms with Crippen molar-refractivity contribution in [3.63, 3.8) is 0 Å². The first-order chi connectivity index (χ1) is 9.65. The molecule has 0 aliphatic carbocycles. The molecule has 2 fully saturated rings. The smallest absolute Gasteiger partial charge is 0.291 e. The molecule has 1 N–H and O–H groups in total. The number of amides is 1. The molecule has 1 amide bonds. The monoisotopic (exact) mass is 314 g/mol. The van der Waals surface area contributed by atoms with Crippen LogP contribution >= 0.6 is 12.4 Å². The number of piperazine rings is 1. The molecule has 0 radical (unpaired) electrons. The minimum Gasteiger partial charge on any atom is -0.436 e. The van der Waals surface area contributed by atoms with Gasteiger partial charge in [-0.15, -0.1) is 12.4 Å². The lowest BCUT2D eigenvalue weighted by molar-refractivity contribution is 0.0552. The first kappa shape index (κ1) is 16.3. The summed E-state index contributed by atoms with van der Waals surface area (Å²) in [5, 5.41) is 3.39. The van der Waals surface area contributed by atoms with Crippen molar-refractivity contribution in [3.8, 4) is 0 Å². The van der Waals surface area contributed by atoms with Gasteiger partial charge in [-0.1, -0.05) is 0 Å². The van der Waals surface area contributed by atoms with E-state index in [4.69, 9.17) is 4.42 Å². The number of halogens is 1. The highest BCUT2D eigenvalue weighted by atomic mass is 35.5. The van der Waals surface area contributed by atoms with Crippen molar-refractivity contribution in [2.45, 2.75) is 26.3 Å². The topological polar surface area (TPSA) is 61.6 Å². The predicted molar refractivity (Wildman–Crippen MR) is 82.0 cm³/mol. The second kappa shape index (κ2) is 6.77. The summed E-state index contributed by atoms with van der Waals surface area (Å²) >= 11 is 0. The molecule has 0 spiro atoms. The second-order valence-electron chi connectivity index (χ2n) is 5.62. The Morgan fingerprint density at radius 1 is 1.29 bits per heavy atom. The summed E-state index contributed by atoms with van der Waals surface area (Å²) in [6.07, 6.45) is 1.22. The van der Waals surface area contributed by atoms with E-state index in [2.05, 4.69) is 15.2 Å². The number of rotatable bonds is 2. The van der Waals surface area contributed by atoms with Gasteiger partial charge in [-0.2, -0.15) is 0 Å². The third-order valence-electron chi connectivity index (χ3n) is 4.25. The van der Waals surface area contributed by atoms with Gasteiger partial charge in [-0.3, -0.25) is 9.69 Å². The summed E-state index contributed by atoms with van der Waals surface area (Å²) in [5.41, 5.74) is 0.690. The van der Waals surface area contributed by atoms with Gasteiger partial charge in [0.1, 0.15) is 0 Å². The highest BCUT2D eigenvalue weighted by Gasteiger charge is 2.30. The zero-order valence-electron chi connectivity index (χ0n) is 12.6. The molecule has 1 aromatic heterocycles. The van der Waals surface area contributed by atoms with Crippen LogP contribution in [0.5, 0.6) is 0 Å². The van der Waals surface area contributed by atoms with Crippen molar-refractivity contribution >= 4 is 18.3 Å². The molecule has 0 aromatic carbocycles. The highest BCUT2D eigenvalue weighted by molar-refractivity contribution is 5.92.